The molecule has 2 heterocycles. The number of nitrogens with zero attached hydrogens (tertiary/aromatic N) is 2. The van der Waals surface area contributed by atoms with E-state index in [0.717, 1.165) is 13.1 Å². The zero-order chi connectivity index (χ0) is 11.7. The summed E-state index contributed by atoms with van der Waals surface area (Å²) in [6.45, 7) is 6.01. The summed E-state index contributed by atoms with van der Waals surface area (Å²) in [6, 6.07) is -0.217. The summed E-state index contributed by atoms with van der Waals surface area (Å²) in [5.74, 6) is 0.0301. The van der Waals surface area contributed by atoms with Gasteiger partial charge in [-0.15, -0.1) is 6.58 Å². The number of hydrogen-bond donors (Lipinski definition) is 2. The molecule has 0 aromatic carbocycles. The summed E-state index contributed by atoms with van der Waals surface area (Å²) in [7, 11) is 1.72. The summed E-state index contributed by atoms with van der Waals surface area (Å²) in [5.41, 5.74) is 0. The first kappa shape index (κ1) is 11.5. The molecule has 2 unspecified atom stereocenters. The van der Waals surface area contributed by atoms with Gasteiger partial charge in [0.05, 0.1) is 0 Å². The van der Waals surface area contributed by atoms with Crippen molar-refractivity contribution in [3.63, 3.8) is 0 Å². The number of fused-ring (bicyclic) bond motifs is 1. The van der Waals surface area contributed by atoms with Crippen molar-refractivity contribution < 1.29 is 4.79 Å². The van der Waals surface area contributed by atoms with Crippen LogP contribution >= 0.6 is 12.2 Å². The molecule has 2 rings (SSSR count). The Balaban J connectivity index is 2.26. The minimum absolute atomic E-state index is 0.0301. The average Bonchev–Trinajstić information content (AvgIpc) is 2.32. The van der Waals surface area contributed by atoms with Crippen molar-refractivity contribution in [3.05, 3.63) is 12.7 Å². The Kier molecular flexibility index (Phi) is 3.22. The number of piperazine rings is 1. The van der Waals surface area contributed by atoms with Gasteiger partial charge in [0.2, 0.25) is 5.91 Å². The van der Waals surface area contributed by atoms with Gasteiger partial charge in [-0.05, 0) is 12.2 Å². The van der Waals surface area contributed by atoms with Crippen LogP contribution in [0.1, 0.15) is 0 Å². The zero-order valence-corrected chi connectivity index (χ0v) is 10.1. The van der Waals surface area contributed by atoms with E-state index in [4.69, 9.17) is 12.2 Å². The van der Waals surface area contributed by atoms with Crippen LogP contribution in [-0.2, 0) is 4.79 Å². The molecule has 2 fully saturated rings. The van der Waals surface area contributed by atoms with Crippen molar-refractivity contribution in [1.82, 2.24) is 20.4 Å². The van der Waals surface area contributed by atoms with Crippen molar-refractivity contribution >= 4 is 23.2 Å². The lowest BCUT2D eigenvalue weighted by atomic mass is 10.1. The van der Waals surface area contributed by atoms with E-state index < -0.39 is 0 Å². The predicted octanol–water partition coefficient (Wildman–Crippen LogP) is -0.881. The first-order valence-electron chi connectivity index (χ1n) is 5.32. The van der Waals surface area contributed by atoms with E-state index in [1.807, 2.05) is 4.90 Å². The molecule has 88 valence electrons. The van der Waals surface area contributed by atoms with Gasteiger partial charge in [0, 0.05) is 26.7 Å². The van der Waals surface area contributed by atoms with Crippen molar-refractivity contribution in [2.45, 2.75) is 12.2 Å². The number of nitrogens with one attached hydrogen (secondary N) is 2. The standard InChI is InChI=1S/C10H16N4OS/c1-3-6-14-8-7(11-4-5-12-8)9(15)13(2)10(14)16/h3,7-8,11-12H,1,4-6H2,2H3. The normalized spacial score (nSPS) is 30.3. The van der Waals surface area contributed by atoms with E-state index in [-0.39, 0.29) is 18.1 Å². The number of amides is 1. The second kappa shape index (κ2) is 4.48. The number of carbonyl (C=O) groups excluding carboxylic acids is 1. The van der Waals surface area contributed by atoms with Crippen LogP contribution in [0.15, 0.2) is 12.7 Å². The van der Waals surface area contributed by atoms with Crippen LogP contribution < -0.4 is 10.6 Å². The van der Waals surface area contributed by atoms with E-state index in [9.17, 15) is 4.79 Å². The highest BCUT2D eigenvalue weighted by Gasteiger charge is 2.43. The molecule has 0 aliphatic carbocycles. The minimum Gasteiger partial charge on any atom is -0.327 e. The topological polar surface area (TPSA) is 47.6 Å². The third kappa shape index (κ3) is 1.73. The molecule has 6 heteroatoms. The van der Waals surface area contributed by atoms with Crippen LogP contribution in [0.4, 0.5) is 0 Å². The predicted molar refractivity (Wildman–Crippen MR) is 65.9 cm³/mol. The van der Waals surface area contributed by atoms with Crippen molar-refractivity contribution in [1.29, 1.82) is 0 Å². The highest BCUT2D eigenvalue weighted by atomic mass is 32.1. The largest absolute Gasteiger partial charge is 0.327 e. The summed E-state index contributed by atoms with van der Waals surface area (Å²) in [4.78, 5) is 15.5. The highest BCUT2D eigenvalue weighted by molar-refractivity contribution is 7.80. The van der Waals surface area contributed by atoms with Gasteiger partial charge in [0.25, 0.3) is 0 Å². The van der Waals surface area contributed by atoms with Crippen LogP contribution in [-0.4, -0.2) is 59.7 Å². The molecule has 0 aromatic rings. The number of likely N-dealkylation sites (N-methyl/N-ethyl adjacent to an activating group) is 1. The van der Waals surface area contributed by atoms with Crippen molar-refractivity contribution in [2.24, 2.45) is 0 Å². The first-order valence-corrected chi connectivity index (χ1v) is 5.73. The molecule has 2 atom stereocenters. The Bertz CT molecular complexity index is 333. The SMILES string of the molecule is C=CCN1C(=S)N(C)C(=O)C2NCCNC21. The molecule has 1 amide bonds. The van der Waals surface area contributed by atoms with Crippen LogP contribution in [0.25, 0.3) is 0 Å². The van der Waals surface area contributed by atoms with Gasteiger partial charge in [-0.2, -0.15) is 0 Å². The van der Waals surface area contributed by atoms with Crippen LogP contribution in [0.2, 0.25) is 0 Å². The van der Waals surface area contributed by atoms with Gasteiger partial charge in [0.15, 0.2) is 5.11 Å². The van der Waals surface area contributed by atoms with Crippen LogP contribution in [0.5, 0.6) is 0 Å². The fourth-order valence-electron chi connectivity index (χ4n) is 2.13. The summed E-state index contributed by atoms with van der Waals surface area (Å²) < 4.78 is 0. The van der Waals surface area contributed by atoms with E-state index >= 15 is 0 Å². The average molecular weight is 240 g/mol. The number of rotatable bonds is 2. The van der Waals surface area contributed by atoms with Crippen LogP contribution in [0.3, 0.4) is 0 Å². The minimum atomic E-state index is -0.217. The maximum Gasteiger partial charge on any atom is 0.249 e. The molecular formula is C10H16N4OS. The second-order valence-corrected chi connectivity index (χ2v) is 4.32. The molecule has 0 spiro atoms. The zero-order valence-electron chi connectivity index (χ0n) is 9.27. The molecule has 0 aromatic heterocycles. The number of hydrogen-bond acceptors (Lipinski definition) is 4. The van der Waals surface area contributed by atoms with Gasteiger partial charge in [-0.3, -0.25) is 15.0 Å². The summed E-state index contributed by atoms with van der Waals surface area (Å²) >= 11 is 5.28. The molecule has 0 saturated carbocycles. The molecule has 5 nitrogen and oxygen atoms in total. The Hall–Kier alpha value is -0.980. The molecule has 0 bridgehead atoms. The van der Waals surface area contributed by atoms with Gasteiger partial charge >= 0.3 is 0 Å². The molecule has 2 N–H and O–H groups in total. The van der Waals surface area contributed by atoms with Crippen molar-refractivity contribution in [2.75, 3.05) is 26.7 Å². The van der Waals surface area contributed by atoms with Gasteiger partial charge in [-0.1, -0.05) is 6.08 Å². The maximum atomic E-state index is 12.0. The smallest absolute Gasteiger partial charge is 0.249 e. The Morgan fingerprint density at radius 3 is 2.94 bits per heavy atom. The second-order valence-electron chi connectivity index (χ2n) is 3.95. The van der Waals surface area contributed by atoms with Gasteiger partial charge in [-0.25, -0.2) is 0 Å². The lowest BCUT2D eigenvalue weighted by Crippen LogP contribution is -2.74. The van der Waals surface area contributed by atoms with Crippen LogP contribution in [0, 0.1) is 0 Å². The molecular weight excluding hydrogens is 224 g/mol. The molecule has 2 saturated heterocycles. The summed E-state index contributed by atoms with van der Waals surface area (Å²) in [5, 5.41) is 7.10. The maximum absolute atomic E-state index is 12.0. The summed E-state index contributed by atoms with van der Waals surface area (Å²) in [6.07, 6.45) is 1.74. The van der Waals surface area contributed by atoms with E-state index in [2.05, 4.69) is 17.2 Å². The molecule has 2 aliphatic rings. The molecule has 0 radical (unpaired) electrons. The van der Waals surface area contributed by atoms with Gasteiger partial charge in [0.1, 0.15) is 12.2 Å². The number of carbonyl (C=O) groups is 1. The van der Waals surface area contributed by atoms with Crippen molar-refractivity contribution in [3.8, 4) is 0 Å². The van der Waals surface area contributed by atoms with E-state index in [1.54, 1.807) is 13.1 Å². The quantitative estimate of drug-likeness (QED) is 0.485. The lowest BCUT2D eigenvalue weighted by Gasteiger charge is -2.47. The fraction of sp³-hybridized carbons (Fsp3) is 0.600. The molecule has 2 aliphatic heterocycles. The number of thiocarbonyl (C=S) groups is 1. The van der Waals surface area contributed by atoms with E-state index in [0.29, 0.717) is 11.7 Å². The lowest BCUT2D eigenvalue weighted by molar-refractivity contribution is -0.133. The Morgan fingerprint density at radius 1 is 1.56 bits per heavy atom. The third-order valence-electron chi connectivity index (χ3n) is 2.95. The monoisotopic (exact) mass is 240 g/mol. The third-order valence-corrected chi connectivity index (χ3v) is 3.46. The Labute approximate surface area is 100 Å². The molecule has 16 heavy (non-hydrogen) atoms. The van der Waals surface area contributed by atoms with Gasteiger partial charge < -0.3 is 10.2 Å². The van der Waals surface area contributed by atoms with E-state index in [1.165, 1.54) is 4.90 Å². The Morgan fingerprint density at radius 2 is 2.25 bits per heavy atom. The highest BCUT2D eigenvalue weighted by Crippen LogP contribution is 2.16. The first-order chi connectivity index (χ1) is 7.66. The fourth-order valence-corrected chi connectivity index (χ4v) is 2.41.